The number of piperazine rings is 1. The van der Waals surface area contributed by atoms with E-state index in [1.54, 1.807) is 0 Å². The Bertz CT molecular complexity index is 292. The molecule has 0 aromatic carbocycles. The lowest BCUT2D eigenvalue weighted by molar-refractivity contribution is -0.126. The Balaban J connectivity index is 1.55. The molecule has 0 spiro atoms. The quantitative estimate of drug-likeness (QED) is 0.532. The normalized spacial score (nSPS) is 24.9. The highest BCUT2D eigenvalue weighted by Crippen LogP contribution is 2.06. The van der Waals surface area contributed by atoms with Crippen molar-refractivity contribution >= 4 is 11.8 Å². The Labute approximate surface area is 107 Å². The third-order valence-corrected chi connectivity index (χ3v) is 3.48. The van der Waals surface area contributed by atoms with Crippen LogP contribution in [0.4, 0.5) is 0 Å². The average Bonchev–Trinajstić information content (AvgIpc) is 2.88. The predicted molar refractivity (Wildman–Crippen MR) is 68.1 cm³/mol. The molecule has 0 aliphatic carbocycles. The smallest absolute Gasteiger partial charge is 0.238 e. The second kappa shape index (κ2) is 6.70. The number of nitrogens with one attached hydrogen (secondary N) is 3. The molecule has 3 N–H and O–H groups in total. The molecular formula is C12H22N4O2. The fourth-order valence-corrected chi connectivity index (χ4v) is 2.40. The van der Waals surface area contributed by atoms with Gasteiger partial charge in [0, 0.05) is 13.1 Å². The molecule has 0 aromatic rings. The monoisotopic (exact) mass is 254 g/mol. The first-order valence-corrected chi connectivity index (χ1v) is 6.76. The minimum absolute atomic E-state index is 0.0172. The Morgan fingerprint density at radius 1 is 1.39 bits per heavy atom. The van der Waals surface area contributed by atoms with Gasteiger partial charge in [0.15, 0.2) is 0 Å². The van der Waals surface area contributed by atoms with Gasteiger partial charge in [-0.15, -0.1) is 0 Å². The van der Waals surface area contributed by atoms with E-state index in [1.165, 1.54) is 25.9 Å². The summed E-state index contributed by atoms with van der Waals surface area (Å²) in [5, 5.41) is 8.51. The lowest BCUT2D eigenvalue weighted by Gasteiger charge is -2.23. The van der Waals surface area contributed by atoms with Crippen molar-refractivity contribution in [2.24, 2.45) is 0 Å². The van der Waals surface area contributed by atoms with Crippen molar-refractivity contribution in [3.8, 4) is 0 Å². The molecule has 0 radical (unpaired) electrons. The fraction of sp³-hybridized carbons (Fsp3) is 0.833. The van der Waals surface area contributed by atoms with E-state index in [-0.39, 0.29) is 24.4 Å². The molecule has 2 heterocycles. The summed E-state index contributed by atoms with van der Waals surface area (Å²) in [6.07, 6.45) is 3.60. The Kier molecular flexibility index (Phi) is 4.95. The number of carbonyl (C=O) groups is 2. The van der Waals surface area contributed by atoms with Crippen LogP contribution in [0.2, 0.25) is 0 Å². The van der Waals surface area contributed by atoms with Gasteiger partial charge in [-0.05, 0) is 38.9 Å². The molecule has 2 aliphatic rings. The van der Waals surface area contributed by atoms with Gasteiger partial charge in [0.2, 0.25) is 11.8 Å². The Hall–Kier alpha value is -1.14. The van der Waals surface area contributed by atoms with E-state index in [0.29, 0.717) is 13.1 Å². The summed E-state index contributed by atoms with van der Waals surface area (Å²) in [4.78, 5) is 25.1. The molecule has 2 saturated heterocycles. The third-order valence-electron chi connectivity index (χ3n) is 3.48. The van der Waals surface area contributed by atoms with Crippen molar-refractivity contribution in [1.82, 2.24) is 20.9 Å². The van der Waals surface area contributed by atoms with Crippen LogP contribution in [-0.2, 0) is 9.59 Å². The van der Waals surface area contributed by atoms with Gasteiger partial charge in [-0.3, -0.25) is 14.9 Å². The molecule has 2 amide bonds. The van der Waals surface area contributed by atoms with Gasteiger partial charge >= 0.3 is 0 Å². The number of carbonyl (C=O) groups excluding carboxylic acids is 2. The summed E-state index contributed by atoms with van der Waals surface area (Å²) < 4.78 is 0. The van der Waals surface area contributed by atoms with Crippen LogP contribution in [0.25, 0.3) is 0 Å². The number of nitrogens with zero attached hydrogens (tertiary/aromatic N) is 1. The van der Waals surface area contributed by atoms with Gasteiger partial charge in [-0.25, -0.2) is 0 Å². The summed E-state index contributed by atoms with van der Waals surface area (Å²) in [5.74, 6) is -0.0653. The van der Waals surface area contributed by atoms with Crippen molar-refractivity contribution in [3.63, 3.8) is 0 Å². The Morgan fingerprint density at radius 3 is 2.83 bits per heavy atom. The highest BCUT2D eigenvalue weighted by molar-refractivity contribution is 5.86. The molecule has 0 aromatic heterocycles. The second-order valence-corrected chi connectivity index (χ2v) is 4.93. The SMILES string of the molecule is O=C1CNC(C(=O)NCCCN2CCCC2)CN1. The number of likely N-dealkylation sites (tertiary alicyclic amines) is 1. The fourth-order valence-electron chi connectivity index (χ4n) is 2.40. The van der Waals surface area contributed by atoms with Gasteiger partial charge in [-0.1, -0.05) is 0 Å². The van der Waals surface area contributed by atoms with E-state index >= 15 is 0 Å². The lowest BCUT2D eigenvalue weighted by Crippen LogP contribution is -2.58. The van der Waals surface area contributed by atoms with Gasteiger partial charge in [0.1, 0.15) is 6.04 Å². The van der Waals surface area contributed by atoms with Gasteiger partial charge in [-0.2, -0.15) is 0 Å². The summed E-state index contributed by atoms with van der Waals surface area (Å²) in [6.45, 7) is 4.79. The minimum Gasteiger partial charge on any atom is -0.355 e. The van der Waals surface area contributed by atoms with E-state index in [1.807, 2.05) is 0 Å². The van der Waals surface area contributed by atoms with E-state index in [0.717, 1.165) is 13.0 Å². The third kappa shape index (κ3) is 3.96. The zero-order valence-corrected chi connectivity index (χ0v) is 10.7. The summed E-state index contributed by atoms with van der Waals surface area (Å²) in [5.41, 5.74) is 0. The zero-order chi connectivity index (χ0) is 12.8. The maximum atomic E-state index is 11.8. The van der Waals surface area contributed by atoms with Gasteiger partial charge in [0.25, 0.3) is 0 Å². The number of amides is 2. The molecule has 1 unspecified atom stereocenters. The molecule has 6 heteroatoms. The number of hydrogen-bond acceptors (Lipinski definition) is 4. The molecule has 2 aliphatic heterocycles. The lowest BCUT2D eigenvalue weighted by atomic mass is 10.2. The van der Waals surface area contributed by atoms with E-state index < -0.39 is 0 Å². The molecule has 102 valence electrons. The van der Waals surface area contributed by atoms with Crippen molar-refractivity contribution in [1.29, 1.82) is 0 Å². The van der Waals surface area contributed by atoms with Gasteiger partial charge in [0.05, 0.1) is 6.54 Å². The van der Waals surface area contributed by atoms with Crippen molar-refractivity contribution in [2.75, 3.05) is 39.3 Å². The predicted octanol–water partition coefficient (Wildman–Crippen LogP) is -1.32. The van der Waals surface area contributed by atoms with Crippen molar-refractivity contribution < 1.29 is 9.59 Å². The van der Waals surface area contributed by atoms with Crippen LogP contribution in [0, 0.1) is 0 Å². The van der Waals surface area contributed by atoms with Gasteiger partial charge < -0.3 is 15.5 Å². The molecule has 0 saturated carbocycles. The summed E-state index contributed by atoms with van der Waals surface area (Å²) in [6, 6.07) is -0.283. The zero-order valence-electron chi connectivity index (χ0n) is 10.7. The van der Waals surface area contributed by atoms with E-state index in [4.69, 9.17) is 0 Å². The molecule has 1 atom stereocenters. The van der Waals surface area contributed by atoms with E-state index in [2.05, 4.69) is 20.9 Å². The number of hydrogen-bond donors (Lipinski definition) is 3. The topological polar surface area (TPSA) is 73.5 Å². The first kappa shape index (κ1) is 13.3. The van der Waals surface area contributed by atoms with Crippen LogP contribution >= 0.6 is 0 Å². The maximum absolute atomic E-state index is 11.8. The highest BCUT2D eigenvalue weighted by atomic mass is 16.2. The maximum Gasteiger partial charge on any atom is 0.238 e. The molecule has 0 bridgehead atoms. The molecular weight excluding hydrogens is 232 g/mol. The largest absolute Gasteiger partial charge is 0.355 e. The molecule has 6 nitrogen and oxygen atoms in total. The Morgan fingerprint density at radius 2 is 2.17 bits per heavy atom. The van der Waals surface area contributed by atoms with Crippen LogP contribution in [0.1, 0.15) is 19.3 Å². The molecule has 18 heavy (non-hydrogen) atoms. The summed E-state index contributed by atoms with van der Waals surface area (Å²) >= 11 is 0. The average molecular weight is 254 g/mol. The van der Waals surface area contributed by atoms with Crippen LogP contribution in [0.3, 0.4) is 0 Å². The van der Waals surface area contributed by atoms with Crippen LogP contribution in [0.5, 0.6) is 0 Å². The van der Waals surface area contributed by atoms with Crippen LogP contribution < -0.4 is 16.0 Å². The minimum atomic E-state index is -0.283. The van der Waals surface area contributed by atoms with Crippen molar-refractivity contribution in [3.05, 3.63) is 0 Å². The summed E-state index contributed by atoms with van der Waals surface area (Å²) in [7, 11) is 0. The van der Waals surface area contributed by atoms with Crippen LogP contribution in [0.15, 0.2) is 0 Å². The van der Waals surface area contributed by atoms with Crippen LogP contribution in [-0.4, -0.2) is 62.0 Å². The van der Waals surface area contributed by atoms with E-state index in [9.17, 15) is 9.59 Å². The first-order valence-electron chi connectivity index (χ1n) is 6.76. The second-order valence-electron chi connectivity index (χ2n) is 4.93. The molecule has 2 fully saturated rings. The highest BCUT2D eigenvalue weighted by Gasteiger charge is 2.23. The van der Waals surface area contributed by atoms with Crippen molar-refractivity contribution in [2.45, 2.75) is 25.3 Å². The standard InChI is InChI=1S/C12H22N4O2/c17-11-9-14-10(8-15-11)12(18)13-4-3-7-16-5-1-2-6-16/h10,14H,1-9H2,(H,13,18)(H,15,17). The number of rotatable bonds is 5. The molecule has 2 rings (SSSR count). The first-order chi connectivity index (χ1) is 8.75.